The lowest BCUT2D eigenvalue weighted by molar-refractivity contribution is -0.152. The van der Waals surface area contributed by atoms with Crippen LogP contribution in [0, 0.1) is 0 Å². The molecule has 250 valence electrons. The van der Waals surface area contributed by atoms with Crippen LogP contribution in [-0.2, 0) is 19.1 Å². The summed E-state index contributed by atoms with van der Waals surface area (Å²) in [6.07, 6.45) is 45.3. The molecule has 5 nitrogen and oxygen atoms in total. The molecule has 0 radical (unpaired) electrons. The molecular weight excluding hydrogens is 548 g/mol. The van der Waals surface area contributed by atoms with E-state index in [1.807, 2.05) is 6.92 Å². The monoisotopic (exact) mass is 612 g/mol. The van der Waals surface area contributed by atoms with Crippen molar-refractivity contribution >= 4 is 11.9 Å². The Morgan fingerprint density at radius 1 is 0.523 bits per heavy atom. The van der Waals surface area contributed by atoms with Crippen LogP contribution >= 0.6 is 0 Å². The first-order valence-corrected chi connectivity index (χ1v) is 17.5. The number of carbonyl (C=O) groups is 2. The van der Waals surface area contributed by atoms with Crippen LogP contribution in [0.4, 0.5) is 0 Å². The highest BCUT2D eigenvalue weighted by Crippen LogP contribution is 2.11. The summed E-state index contributed by atoms with van der Waals surface area (Å²) >= 11 is 0. The molecule has 0 aromatic heterocycles. The second kappa shape index (κ2) is 34.8. The number of allylic oxidation sites excluding steroid dienone is 12. The van der Waals surface area contributed by atoms with Crippen molar-refractivity contribution in [2.24, 2.45) is 0 Å². The zero-order valence-corrected chi connectivity index (χ0v) is 28.1. The van der Waals surface area contributed by atoms with Gasteiger partial charge in [-0.15, -0.1) is 0 Å². The van der Waals surface area contributed by atoms with Gasteiger partial charge in [0.1, 0.15) is 19.3 Å². The van der Waals surface area contributed by atoms with Gasteiger partial charge < -0.3 is 14.6 Å². The van der Waals surface area contributed by atoms with Gasteiger partial charge in [-0.25, -0.2) is 0 Å². The number of aliphatic hydroxyl groups is 1. The second-order valence-corrected chi connectivity index (χ2v) is 11.3. The molecule has 0 aliphatic rings. The van der Waals surface area contributed by atoms with Crippen molar-refractivity contribution < 1.29 is 24.2 Å². The Morgan fingerprint density at radius 2 is 0.886 bits per heavy atom. The lowest BCUT2D eigenvalue weighted by Crippen LogP contribution is -2.25. The molecule has 0 bridgehead atoms. The van der Waals surface area contributed by atoms with E-state index in [-0.39, 0.29) is 25.2 Å². The highest BCUT2D eigenvalue weighted by atomic mass is 16.6. The third-order valence-corrected chi connectivity index (χ3v) is 7.02. The molecule has 0 spiro atoms. The number of hydrogen-bond acceptors (Lipinski definition) is 5. The Labute approximate surface area is 270 Å². The lowest BCUT2D eigenvalue weighted by Gasteiger charge is -2.12. The van der Waals surface area contributed by atoms with Crippen molar-refractivity contribution in [3.8, 4) is 0 Å². The van der Waals surface area contributed by atoms with Crippen molar-refractivity contribution in [3.05, 3.63) is 72.9 Å². The maximum atomic E-state index is 11.9. The third kappa shape index (κ3) is 33.8. The van der Waals surface area contributed by atoms with E-state index in [2.05, 4.69) is 79.8 Å². The Hall–Kier alpha value is -2.66. The number of aliphatic hydroxyl groups excluding tert-OH is 1. The van der Waals surface area contributed by atoms with Crippen LogP contribution in [0.1, 0.15) is 142 Å². The number of esters is 2. The molecule has 1 atom stereocenters. The minimum atomic E-state index is -0.979. The molecule has 44 heavy (non-hydrogen) atoms. The van der Waals surface area contributed by atoms with Crippen molar-refractivity contribution in [1.82, 2.24) is 0 Å². The molecule has 0 fully saturated rings. The summed E-state index contributed by atoms with van der Waals surface area (Å²) in [5.74, 6) is -0.608. The summed E-state index contributed by atoms with van der Waals surface area (Å²) < 4.78 is 10.3. The number of carbonyl (C=O) groups excluding carboxylic acids is 2. The maximum absolute atomic E-state index is 11.9. The molecule has 0 aliphatic carbocycles. The van der Waals surface area contributed by atoms with Gasteiger partial charge in [-0.2, -0.15) is 0 Å². The van der Waals surface area contributed by atoms with Crippen LogP contribution < -0.4 is 0 Å². The van der Waals surface area contributed by atoms with Crippen LogP contribution in [0.3, 0.4) is 0 Å². The summed E-state index contributed by atoms with van der Waals surface area (Å²) in [6.45, 7) is 3.92. The van der Waals surface area contributed by atoms with E-state index in [0.29, 0.717) is 12.8 Å². The average molecular weight is 613 g/mol. The maximum Gasteiger partial charge on any atom is 0.305 e. The number of rotatable bonds is 30. The van der Waals surface area contributed by atoms with Crippen LogP contribution in [0.15, 0.2) is 72.9 Å². The largest absolute Gasteiger partial charge is 0.463 e. The van der Waals surface area contributed by atoms with Crippen molar-refractivity contribution in [2.75, 3.05) is 13.2 Å². The van der Waals surface area contributed by atoms with E-state index < -0.39 is 6.10 Å². The molecule has 0 aromatic carbocycles. The highest BCUT2D eigenvalue weighted by Gasteiger charge is 2.12. The number of unbranched alkanes of at least 4 members (excludes halogenated alkanes) is 11. The van der Waals surface area contributed by atoms with Gasteiger partial charge in [0.05, 0.1) is 0 Å². The Kier molecular flexibility index (Phi) is 32.7. The van der Waals surface area contributed by atoms with E-state index in [9.17, 15) is 14.7 Å². The molecule has 0 saturated heterocycles. The van der Waals surface area contributed by atoms with Crippen molar-refractivity contribution in [1.29, 1.82) is 0 Å². The zero-order valence-electron chi connectivity index (χ0n) is 28.1. The summed E-state index contributed by atoms with van der Waals surface area (Å²) in [5.41, 5.74) is 0. The fourth-order valence-electron chi connectivity index (χ4n) is 4.40. The first kappa shape index (κ1) is 41.3. The van der Waals surface area contributed by atoms with Gasteiger partial charge in [-0.1, -0.05) is 125 Å². The minimum Gasteiger partial charge on any atom is -0.463 e. The van der Waals surface area contributed by atoms with E-state index in [4.69, 9.17) is 9.47 Å². The Bertz CT molecular complexity index is 833. The van der Waals surface area contributed by atoms with Gasteiger partial charge in [0.25, 0.3) is 0 Å². The second-order valence-electron chi connectivity index (χ2n) is 11.3. The van der Waals surface area contributed by atoms with Crippen LogP contribution in [-0.4, -0.2) is 36.4 Å². The van der Waals surface area contributed by atoms with Crippen molar-refractivity contribution in [3.63, 3.8) is 0 Å². The molecule has 0 unspecified atom stereocenters. The SMILES string of the molecule is C/C=C/C/C=C/C/C=C/CCCCCCCC(=O)OC[C@@H](O)COC(=O)CCCCCCCC/C=C/C/C=C/C/C=C/CC. The lowest BCUT2D eigenvalue weighted by atomic mass is 10.1. The summed E-state index contributed by atoms with van der Waals surface area (Å²) in [5, 5.41) is 9.98. The molecule has 0 rings (SSSR count). The third-order valence-electron chi connectivity index (χ3n) is 7.02. The molecule has 0 saturated carbocycles. The average Bonchev–Trinajstić information content (AvgIpc) is 3.02. The van der Waals surface area contributed by atoms with Crippen LogP contribution in [0.2, 0.25) is 0 Å². The van der Waals surface area contributed by atoms with E-state index >= 15 is 0 Å². The zero-order chi connectivity index (χ0) is 32.2. The smallest absolute Gasteiger partial charge is 0.305 e. The van der Waals surface area contributed by atoms with E-state index in [1.54, 1.807) is 0 Å². The predicted molar refractivity (Wildman–Crippen MR) is 186 cm³/mol. The summed E-state index contributed by atoms with van der Waals surface area (Å²) in [6, 6.07) is 0. The quantitative estimate of drug-likeness (QED) is 0.0496. The topological polar surface area (TPSA) is 72.8 Å². The molecule has 0 aromatic rings. The molecule has 1 N–H and O–H groups in total. The van der Waals surface area contributed by atoms with Gasteiger partial charge in [0, 0.05) is 12.8 Å². The summed E-state index contributed by atoms with van der Waals surface area (Å²) in [7, 11) is 0. The molecular formula is C39H64O5. The van der Waals surface area contributed by atoms with Crippen LogP contribution in [0.25, 0.3) is 0 Å². The van der Waals surface area contributed by atoms with Crippen LogP contribution in [0.5, 0.6) is 0 Å². The fraction of sp³-hybridized carbons (Fsp3) is 0.641. The first-order chi connectivity index (χ1) is 21.6. The number of hydrogen-bond donors (Lipinski definition) is 1. The molecule has 5 heteroatoms. The normalized spacial score (nSPS) is 13.1. The van der Waals surface area contributed by atoms with Gasteiger partial charge in [-0.05, 0) is 77.6 Å². The Balaban J connectivity index is 3.52. The van der Waals surface area contributed by atoms with Gasteiger partial charge in [-0.3, -0.25) is 9.59 Å². The fourth-order valence-corrected chi connectivity index (χ4v) is 4.40. The van der Waals surface area contributed by atoms with E-state index in [1.165, 1.54) is 25.7 Å². The standard InChI is InChI=1S/C39H64O5/c1-3-5-7-9-11-13-15-17-19-20-22-24-26-28-30-32-34-39(42)44-36-37(40)35-43-38(41)33-31-29-27-25-23-21-18-16-14-12-10-8-6-4-2/h4-7,10-13,16-19,37,40H,3,8-9,14-15,20-36H2,1-2H3/b6-4+,7-5+,12-10+,13-11+,18-16+,19-17+/t37-/m1/s1. The molecule has 0 amide bonds. The minimum absolute atomic E-state index is 0.133. The Morgan fingerprint density at radius 3 is 1.32 bits per heavy atom. The first-order valence-electron chi connectivity index (χ1n) is 17.5. The van der Waals surface area contributed by atoms with E-state index in [0.717, 1.165) is 89.9 Å². The van der Waals surface area contributed by atoms with Gasteiger partial charge in [0.15, 0.2) is 0 Å². The van der Waals surface area contributed by atoms with Gasteiger partial charge in [0.2, 0.25) is 0 Å². The van der Waals surface area contributed by atoms with Gasteiger partial charge >= 0.3 is 11.9 Å². The predicted octanol–water partition coefficient (Wildman–Crippen LogP) is 10.6. The highest BCUT2D eigenvalue weighted by molar-refractivity contribution is 5.69. The molecule has 0 aliphatic heterocycles. The molecule has 0 heterocycles. The van der Waals surface area contributed by atoms with Crippen molar-refractivity contribution in [2.45, 2.75) is 148 Å². The number of ether oxygens (including phenoxy) is 2. The summed E-state index contributed by atoms with van der Waals surface area (Å²) in [4.78, 5) is 23.8.